The summed E-state index contributed by atoms with van der Waals surface area (Å²) in [5, 5.41) is 3.30. The largest absolute Gasteiger partial charge is 0.342 e. The van der Waals surface area contributed by atoms with Gasteiger partial charge in [-0.2, -0.15) is 0 Å². The summed E-state index contributed by atoms with van der Waals surface area (Å²) in [4.78, 5) is 4.64. The summed E-state index contributed by atoms with van der Waals surface area (Å²) >= 11 is 1.74. The maximum atomic E-state index is 6.35. The zero-order valence-corrected chi connectivity index (χ0v) is 13.5. The van der Waals surface area contributed by atoms with Crippen molar-refractivity contribution < 1.29 is 0 Å². The standard InChI is InChI=1S/C16H23N3S/c1-10-9-20-15(18-10)11(2)19-6-5-12-13(17)7-16(3,4)8-14(12)19/h5-6,9,11,13H,7-8,17H2,1-4H3. The summed E-state index contributed by atoms with van der Waals surface area (Å²) in [6, 6.07) is 2.66. The van der Waals surface area contributed by atoms with E-state index in [-0.39, 0.29) is 11.5 Å². The summed E-state index contributed by atoms with van der Waals surface area (Å²) < 4.78 is 2.37. The lowest BCUT2D eigenvalue weighted by atomic mass is 9.74. The van der Waals surface area contributed by atoms with E-state index in [0.29, 0.717) is 6.04 Å². The molecule has 1 aliphatic rings. The molecular weight excluding hydrogens is 266 g/mol. The fraction of sp³-hybridized carbons (Fsp3) is 0.562. The van der Waals surface area contributed by atoms with Gasteiger partial charge in [-0.1, -0.05) is 13.8 Å². The Balaban J connectivity index is 2.00. The van der Waals surface area contributed by atoms with Crippen molar-refractivity contribution in [1.29, 1.82) is 0 Å². The number of nitrogens with two attached hydrogens (primary N) is 1. The van der Waals surface area contributed by atoms with Gasteiger partial charge in [-0.15, -0.1) is 11.3 Å². The van der Waals surface area contributed by atoms with E-state index in [1.165, 1.54) is 16.3 Å². The first-order valence-electron chi connectivity index (χ1n) is 7.24. The van der Waals surface area contributed by atoms with E-state index in [2.05, 4.69) is 54.9 Å². The summed E-state index contributed by atoms with van der Waals surface area (Å²) in [6.07, 6.45) is 4.35. The number of nitrogens with zero attached hydrogens (tertiary/aromatic N) is 2. The van der Waals surface area contributed by atoms with Gasteiger partial charge in [-0.3, -0.25) is 0 Å². The molecule has 20 heavy (non-hydrogen) atoms. The third-order valence-electron chi connectivity index (χ3n) is 4.29. The molecule has 3 nitrogen and oxygen atoms in total. The molecule has 108 valence electrons. The van der Waals surface area contributed by atoms with Crippen LogP contribution >= 0.6 is 11.3 Å². The molecule has 0 fully saturated rings. The minimum Gasteiger partial charge on any atom is -0.342 e. The van der Waals surface area contributed by atoms with Gasteiger partial charge in [0.2, 0.25) is 0 Å². The number of fused-ring (bicyclic) bond motifs is 1. The molecule has 0 spiro atoms. The van der Waals surface area contributed by atoms with Gasteiger partial charge in [0.15, 0.2) is 0 Å². The van der Waals surface area contributed by atoms with Gasteiger partial charge in [-0.25, -0.2) is 4.98 Å². The van der Waals surface area contributed by atoms with Crippen molar-refractivity contribution in [2.24, 2.45) is 11.1 Å². The first-order chi connectivity index (χ1) is 9.37. The molecule has 2 aromatic rings. The van der Waals surface area contributed by atoms with Crippen molar-refractivity contribution in [3.63, 3.8) is 0 Å². The van der Waals surface area contributed by atoms with Gasteiger partial charge < -0.3 is 10.3 Å². The predicted molar refractivity (Wildman–Crippen MR) is 84.1 cm³/mol. The Morgan fingerprint density at radius 2 is 2.25 bits per heavy atom. The highest BCUT2D eigenvalue weighted by Crippen LogP contribution is 2.41. The lowest BCUT2D eigenvalue weighted by molar-refractivity contribution is 0.274. The lowest BCUT2D eigenvalue weighted by Gasteiger charge is -2.35. The van der Waals surface area contributed by atoms with Crippen LogP contribution in [0.25, 0.3) is 0 Å². The van der Waals surface area contributed by atoms with E-state index in [1.54, 1.807) is 11.3 Å². The van der Waals surface area contributed by atoms with E-state index in [4.69, 9.17) is 5.73 Å². The second kappa shape index (κ2) is 4.71. The minimum absolute atomic E-state index is 0.167. The van der Waals surface area contributed by atoms with E-state index in [0.717, 1.165) is 18.5 Å². The Labute approximate surface area is 124 Å². The summed E-state index contributed by atoms with van der Waals surface area (Å²) in [6.45, 7) is 8.90. The molecule has 4 heteroatoms. The first-order valence-corrected chi connectivity index (χ1v) is 8.12. The van der Waals surface area contributed by atoms with Crippen molar-refractivity contribution in [1.82, 2.24) is 9.55 Å². The van der Waals surface area contributed by atoms with E-state index in [9.17, 15) is 0 Å². The Morgan fingerprint density at radius 1 is 1.50 bits per heavy atom. The molecule has 2 atom stereocenters. The smallest absolute Gasteiger partial charge is 0.115 e. The van der Waals surface area contributed by atoms with Gasteiger partial charge in [0.1, 0.15) is 5.01 Å². The molecular formula is C16H23N3S. The minimum atomic E-state index is 0.167. The molecule has 0 radical (unpaired) electrons. The molecule has 2 unspecified atom stereocenters. The molecule has 2 aromatic heterocycles. The average Bonchev–Trinajstić information content (AvgIpc) is 2.93. The number of rotatable bonds is 2. The highest BCUT2D eigenvalue weighted by Gasteiger charge is 2.33. The van der Waals surface area contributed by atoms with Crippen molar-refractivity contribution in [2.45, 2.75) is 52.6 Å². The zero-order chi connectivity index (χ0) is 14.5. The van der Waals surface area contributed by atoms with Crippen LogP contribution in [0.3, 0.4) is 0 Å². The Kier molecular flexibility index (Phi) is 3.26. The number of thiazole rings is 1. The first kappa shape index (κ1) is 13.8. The lowest BCUT2D eigenvalue weighted by Crippen LogP contribution is -2.31. The van der Waals surface area contributed by atoms with E-state index >= 15 is 0 Å². The molecule has 0 bridgehead atoms. The fourth-order valence-corrected chi connectivity index (χ4v) is 4.15. The van der Waals surface area contributed by atoms with Gasteiger partial charge in [0, 0.05) is 29.0 Å². The quantitative estimate of drug-likeness (QED) is 0.913. The molecule has 2 N–H and O–H groups in total. The second-order valence-corrected chi connectivity index (χ2v) is 7.67. The van der Waals surface area contributed by atoms with Gasteiger partial charge in [0.25, 0.3) is 0 Å². The number of hydrogen-bond acceptors (Lipinski definition) is 3. The third kappa shape index (κ3) is 2.31. The predicted octanol–water partition coefficient (Wildman–Crippen LogP) is 3.83. The number of aryl methyl sites for hydroxylation is 1. The maximum Gasteiger partial charge on any atom is 0.115 e. The third-order valence-corrected chi connectivity index (χ3v) is 5.42. The van der Waals surface area contributed by atoms with Crippen LogP contribution in [0.5, 0.6) is 0 Å². The van der Waals surface area contributed by atoms with E-state index < -0.39 is 0 Å². The van der Waals surface area contributed by atoms with Gasteiger partial charge in [-0.05, 0) is 43.7 Å². The van der Waals surface area contributed by atoms with Crippen molar-refractivity contribution >= 4 is 11.3 Å². The summed E-state index contributed by atoms with van der Waals surface area (Å²) in [5.41, 5.74) is 10.5. The Hall–Kier alpha value is -1.13. The molecule has 2 heterocycles. The number of hydrogen-bond donors (Lipinski definition) is 1. The maximum absolute atomic E-state index is 6.35. The molecule has 3 rings (SSSR count). The Morgan fingerprint density at radius 3 is 2.90 bits per heavy atom. The van der Waals surface area contributed by atoms with Crippen LogP contribution in [0, 0.1) is 12.3 Å². The molecule has 0 saturated heterocycles. The van der Waals surface area contributed by atoms with Crippen LogP contribution in [0.1, 0.15) is 61.2 Å². The molecule has 0 aromatic carbocycles. The van der Waals surface area contributed by atoms with Crippen molar-refractivity contribution in [3.05, 3.63) is 39.6 Å². The SMILES string of the molecule is Cc1csc(C(C)n2ccc3c2CC(C)(C)CC3N)n1. The summed E-state index contributed by atoms with van der Waals surface area (Å²) in [5.74, 6) is 0. The normalized spacial score (nSPS) is 22.6. The van der Waals surface area contributed by atoms with Crippen LogP contribution in [0.4, 0.5) is 0 Å². The van der Waals surface area contributed by atoms with Crippen LogP contribution in [-0.4, -0.2) is 9.55 Å². The van der Waals surface area contributed by atoms with Crippen LogP contribution in [-0.2, 0) is 6.42 Å². The highest BCUT2D eigenvalue weighted by atomic mass is 32.1. The number of aromatic nitrogens is 2. The fourth-order valence-electron chi connectivity index (χ4n) is 3.30. The van der Waals surface area contributed by atoms with Crippen LogP contribution < -0.4 is 5.73 Å². The van der Waals surface area contributed by atoms with Crippen LogP contribution in [0.2, 0.25) is 0 Å². The molecule has 0 aliphatic heterocycles. The Bertz CT molecular complexity index is 623. The molecule has 1 aliphatic carbocycles. The average molecular weight is 289 g/mol. The van der Waals surface area contributed by atoms with Crippen molar-refractivity contribution in [2.75, 3.05) is 0 Å². The van der Waals surface area contributed by atoms with Gasteiger partial charge in [0.05, 0.1) is 6.04 Å². The van der Waals surface area contributed by atoms with Crippen molar-refractivity contribution in [3.8, 4) is 0 Å². The highest BCUT2D eigenvalue weighted by molar-refractivity contribution is 7.09. The van der Waals surface area contributed by atoms with Crippen LogP contribution in [0.15, 0.2) is 17.6 Å². The summed E-state index contributed by atoms with van der Waals surface area (Å²) in [7, 11) is 0. The monoisotopic (exact) mass is 289 g/mol. The van der Waals surface area contributed by atoms with Gasteiger partial charge >= 0.3 is 0 Å². The topological polar surface area (TPSA) is 43.8 Å². The molecule has 0 saturated carbocycles. The second-order valence-electron chi connectivity index (χ2n) is 6.78. The molecule has 0 amide bonds. The zero-order valence-electron chi connectivity index (χ0n) is 12.7. The van der Waals surface area contributed by atoms with E-state index in [1.807, 2.05) is 0 Å².